The maximum Gasteiger partial charge on any atom is 0.139 e. The molecule has 0 fully saturated rings. The van der Waals surface area contributed by atoms with Gasteiger partial charge in [0.2, 0.25) is 0 Å². The Hall–Kier alpha value is -1.29. The molecular formula is C13H13BrFNO. The predicted molar refractivity (Wildman–Crippen MR) is 69.6 cm³/mol. The monoisotopic (exact) mass is 297 g/mol. The first-order chi connectivity index (χ1) is 8.08. The third-order valence-corrected chi connectivity index (χ3v) is 3.22. The molecule has 1 aromatic heterocycles. The van der Waals surface area contributed by atoms with Crippen LogP contribution in [0.1, 0.15) is 24.3 Å². The Balaban J connectivity index is 2.22. The quantitative estimate of drug-likeness (QED) is 0.891. The van der Waals surface area contributed by atoms with E-state index in [4.69, 9.17) is 4.42 Å². The third-order valence-electron chi connectivity index (χ3n) is 2.61. The average Bonchev–Trinajstić information content (AvgIpc) is 2.79. The molecule has 0 bridgehead atoms. The van der Waals surface area contributed by atoms with E-state index in [1.54, 1.807) is 12.3 Å². The van der Waals surface area contributed by atoms with Crippen LogP contribution in [0.25, 0.3) is 0 Å². The van der Waals surface area contributed by atoms with Crippen molar-refractivity contribution in [3.8, 4) is 0 Å². The molecule has 1 atom stereocenters. The van der Waals surface area contributed by atoms with E-state index in [9.17, 15) is 4.39 Å². The van der Waals surface area contributed by atoms with Gasteiger partial charge in [-0.1, -0.05) is 0 Å². The van der Waals surface area contributed by atoms with Gasteiger partial charge in [0.25, 0.3) is 0 Å². The van der Waals surface area contributed by atoms with Crippen molar-refractivity contribution in [2.24, 2.45) is 0 Å². The van der Waals surface area contributed by atoms with Gasteiger partial charge in [-0.25, -0.2) is 4.39 Å². The van der Waals surface area contributed by atoms with Crippen LogP contribution in [0, 0.1) is 12.7 Å². The summed E-state index contributed by atoms with van der Waals surface area (Å²) in [4.78, 5) is 0. The van der Waals surface area contributed by atoms with Crippen LogP contribution in [-0.4, -0.2) is 0 Å². The number of halogens is 2. The summed E-state index contributed by atoms with van der Waals surface area (Å²) < 4.78 is 19.2. The van der Waals surface area contributed by atoms with Crippen molar-refractivity contribution in [2.45, 2.75) is 19.9 Å². The van der Waals surface area contributed by atoms with E-state index >= 15 is 0 Å². The molecule has 0 saturated carbocycles. The van der Waals surface area contributed by atoms with E-state index in [0.29, 0.717) is 4.47 Å². The normalized spacial score (nSPS) is 12.5. The summed E-state index contributed by atoms with van der Waals surface area (Å²) in [6, 6.07) is 6.97. The van der Waals surface area contributed by atoms with Crippen molar-refractivity contribution in [1.82, 2.24) is 0 Å². The Kier molecular flexibility index (Phi) is 3.52. The highest BCUT2D eigenvalue weighted by atomic mass is 79.9. The van der Waals surface area contributed by atoms with Crippen molar-refractivity contribution in [3.63, 3.8) is 0 Å². The van der Waals surface area contributed by atoms with Crippen LogP contribution in [0.3, 0.4) is 0 Å². The van der Waals surface area contributed by atoms with Crippen LogP contribution in [0.15, 0.2) is 39.4 Å². The summed E-state index contributed by atoms with van der Waals surface area (Å²) in [5.41, 5.74) is 1.76. The fourth-order valence-corrected chi connectivity index (χ4v) is 2.10. The zero-order valence-corrected chi connectivity index (χ0v) is 11.2. The lowest BCUT2D eigenvalue weighted by atomic mass is 10.1. The van der Waals surface area contributed by atoms with Crippen LogP contribution in [0.5, 0.6) is 0 Å². The highest BCUT2D eigenvalue weighted by Gasteiger charge is 2.11. The van der Waals surface area contributed by atoms with Crippen LogP contribution in [0.4, 0.5) is 10.1 Å². The van der Waals surface area contributed by atoms with Gasteiger partial charge in [-0.3, -0.25) is 0 Å². The van der Waals surface area contributed by atoms with Gasteiger partial charge in [0.1, 0.15) is 11.6 Å². The second-order valence-corrected chi connectivity index (χ2v) is 4.82. The molecule has 2 rings (SSSR count). The number of rotatable bonds is 3. The lowest BCUT2D eigenvalue weighted by Gasteiger charge is -2.15. The maximum absolute atomic E-state index is 13.4. The first kappa shape index (κ1) is 12.2. The van der Waals surface area contributed by atoms with E-state index < -0.39 is 0 Å². The Morgan fingerprint density at radius 1 is 1.41 bits per heavy atom. The molecule has 0 aliphatic carbocycles. The molecule has 0 saturated heterocycles. The van der Waals surface area contributed by atoms with Gasteiger partial charge < -0.3 is 9.73 Å². The zero-order valence-electron chi connectivity index (χ0n) is 9.63. The van der Waals surface area contributed by atoms with E-state index in [2.05, 4.69) is 21.2 Å². The molecule has 1 unspecified atom stereocenters. The fraction of sp³-hybridized carbons (Fsp3) is 0.231. The van der Waals surface area contributed by atoms with Gasteiger partial charge in [0, 0.05) is 5.69 Å². The molecule has 0 amide bonds. The Bertz CT molecular complexity index is 510. The molecule has 1 N–H and O–H groups in total. The number of nitrogens with one attached hydrogen (secondary N) is 1. The molecule has 17 heavy (non-hydrogen) atoms. The number of aryl methyl sites for hydroxylation is 1. The predicted octanol–water partition coefficient (Wildman–Crippen LogP) is 4.66. The van der Waals surface area contributed by atoms with Gasteiger partial charge in [0.05, 0.1) is 16.8 Å². The van der Waals surface area contributed by atoms with Crippen LogP contribution in [-0.2, 0) is 0 Å². The van der Waals surface area contributed by atoms with Gasteiger partial charge in [-0.2, -0.15) is 0 Å². The molecule has 90 valence electrons. The molecule has 0 aliphatic heterocycles. The van der Waals surface area contributed by atoms with Gasteiger partial charge in [0.15, 0.2) is 0 Å². The Labute approximate surface area is 108 Å². The fourth-order valence-electron chi connectivity index (χ4n) is 1.64. The highest BCUT2D eigenvalue weighted by molar-refractivity contribution is 9.10. The van der Waals surface area contributed by atoms with Crippen molar-refractivity contribution < 1.29 is 8.81 Å². The topological polar surface area (TPSA) is 25.2 Å². The summed E-state index contributed by atoms with van der Waals surface area (Å²) in [7, 11) is 0. The lowest BCUT2D eigenvalue weighted by Crippen LogP contribution is -2.07. The molecule has 0 aliphatic rings. The Morgan fingerprint density at radius 2 is 2.18 bits per heavy atom. The van der Waals surface area contributed by atoms with Crippen molar-refractivity contribution >= 4 is 21.6 Å². The summed E-state index contributed by atoms with van der Waals surface area (Å²) >= 11 is 3.16. The third kappa shape index (κ3) is 2.69. The average molecular weight is 298 g/mol. The molecule has 1 aromatic carbocycles. The highest BCUT2D eigenvalue weighted by Crippen LogP contribution is 2.27. The van der Waals surface area contributed by atoms with Crippen LogP contribution in [0.2, 0.25) is 0 Å². The summed E-state index contributed by atoms with van der Waals surface area (Å²) in [6.07, 6.45) is 1.63. The SMILES string of the molecule is Cc1cc(Br)c(F)cc1NC(C)c1ccco1. The summed E-state index contributed by atoms with van der Waals surface area (Å²) in [5.74, 6) is 0.553. The summed E-state index contributed by atoms with van der Waals surface area (Å²) in [5, 5.41) is 3.23. The minimum absolute atomic E-state index is 0.00396. The number of hydrogen-bond donors (Lipinski definition) is 1. The van der Waals surface area contributed by atoms with E-state index in [1.165, 1.54) is 6.07 Å². The first-order valence-electron chi connectivity index (χ1n) is 5.33. The zero-order chi connectivity index (χ0) is 12.4. The van der Waals surface area contributed by atoms with Crippen molar-refractivity contribution in [1.29, 1.82) is 0 Å². The molecule has 4 heteroatoms. The number of hydrogen-bond acceptors (Lipinski definition) is 2. The second-order valence-electron chi connectivity index (χ2n) is 3.96. The van der Waals surface area contributed by atoms with Crippen LogP contribution >= 0.6 is 15.9 Å². The van der Waals surface area contributed by atoms with E-state index in [1.807, 2.05) is 26.0 Å². The van der Waals surface area contributed by atoms with Crippen molar-refractivity contribution in [3.05, 3.63) is 52.1 Å². The largest absolute Gasteiger partial charge is 0.467 e. The molecule has 0 spiro atoms. The van der Waals surface area contributed by atoms with E-state index in [0.717, 1.165) is 17.0 Å². The molecule has 2 nitrogen and oxygen atoms in total. The number of furan rings is 1. The molecule has 0 radical (unpaired) electrons. The number of benzene rings is 1. The minimum atomic E-state index is -0.273. The smallest absolute Gasteiger partial charge is 0.139 e. The van der Waals surface area contributed by atoms with Crippen molar-refractivity contribution in [2.75, 3.05) is 5.32 Å². The number of anilines is 1. The van der Waals surface area contributed by atoms with E-state index in [-0.39, 0.29) is 11.9 Å². The van der Waals surface area contributed by atoms with Gasteiger partial charge in [-0.15, -0.1) is 0 Å². The minimum Gasteiger partial charge on any atom is -0.467 e. The summed E-state index contributed by atoms with van der Waals surface area (Å²) in [6.45, 7) is 3.90. The standard InChI is InChI=1S/C13H13BrFNO/c1-8-6-10(14)11(15)7-12(8)16-9(2)13-4-3-5-17-13/h3-7,9,16H,1-2H3. The molecule has 2 aromatic rings. The Morgan fingerprint density at radius 3 is 2.82 bits per heavy atom. The second kappa shape index (κ2) is 4.92. The maximum atomic E-state index is 13.4. The molecular weight excluding hydrogens is 285 g/mol. The van der Waals surface area contributed by atoms with Gasteiger partial charge in [-0.05, 0) is 59.6 Å². The van der Waals surface area contributed by atoms with Gasteiger partial charge >= 0.3 is 0 Å². The first-order valence-corrected chi connectivity index (χ1v) is 6.13. The lowest BCUT2D eigenvalue weighted by molar-refractivity contribution is 0.490. The molecule has 1 heterocycles. The van der Waals surface area contributed by atoms with Crippen LogP contribution < -0.4 is 5.32 Å².